The highest BCUT2D eigenvalue weighted by Gasteiger charge is 2.24. The second-order valence-electron chi connectivity index (χ2n) is 5.93. The molecule has 1 amide bonds. The van der Waals surface area contributed by atoms with Crippen LogP contribution < -0.4 is 5.32 Å². The molecule has 0 unspecified atom stereocenters. The molecule has 19 heavy (non-hydrogen) atoms. The first-order valence-corrected chi connectivity index (χ1v) is 7.54. The van der Waals surface area contributed by atoms with Gasteiger partial charge in [0.2, 0.25) is 5.91 Å². The SMILES string of the molecule is CN1CCC(N(C)CC(=O)N2CCCNCC2)CC1. The van der Waals surface area contributed by atoms with Gasteiger partial charge in [0.1, 0.15) is 0 Å². The van der Waals surface area contributed by atoms with E-state index in [4.69, 9.17) is 0 Å². The lowest BCUT2D eigenvalue weighted by Crippen LogP contribution is -2.47. The van der Waals surface area contributed by atoms with E-state index in [-0.39, 0.29) is 0 Å². The molecule has 2 fully saturated rings. The molecular weight excluding hydrogens is 240 g/mol. The lowest BCUT2D eigenvalue weighted by Gasteiger charge is -2.35. The number of hydrogen-bond donors (Lipinski definition) is 1. The van der Waals surface area contributed by atoms with Crippen LogP contribution in [0.15, 0.2) is 0 Å². The Kier molecular flexibility index (Phi) is 5.60. The van der Waals surface area contributed by atoms with Crippen molar-refractivity contribution in [2.75, 3.05) is 59.9 Å². The Morgan fingerprint density at radius 2 is 1.95 bits per heavy atom. The molecule has 2 heterocycles. The predicted octanol–water partition coefficient (Wildman–Crippen LogP) is -0.166. The smallest absolute Gasteiger partial charge is 0.236 e. The summed E-state index contributed by atoms with van der Waals surface area (Å²) in [6.45, 7) is 6.62. The molecule has 2 saturated heterocycles. The Morgan fingerprint density at radius 3 is 2.68 bits per heavy atom. The van der Waals surface area contributed by atoms with Crippen LogP contribution in [0.4, 0.5) is 0 Å². The zero-order chi connectivity index (χ0) is 13.7. The van der Waals surface area contributed by atoms with Crippen molar-refractivity contribution >= 4 is 5.91 Å². The molecule has 2 aliphatic heterocycles. The average molecular weight is 268 g/mol. The molecule has 1 N–H and O–H groups in total. The van der Waals surface area contributed by atoms with Crippen molar-refractivity contribution in [2.45, 2.75) is 25.3 Å². The van der Waals surface area contributed by atoms with Gasteiger partial charge >= 0.3 is 0 Å². The van der Waals surface area contributed by atoms with Crippen molar-refractivity contribution in [1.82, 2.24) is 20.0 Å². The fraction of sp³-hybridized carbons (Fsp3) is 0.929. The lowest BCUT2D eigenvalue weighted by molar-refractivity contribution is -0.132. The third kappa shape index (κ3) is 4.44. The molecule has 0 saturated carbocycles. The van der Waals surface area contributed by atoms with Gasteiger partial charge in [-0.3, -0.25) is 9.69 Å². The van der Waals surface area contributed by atoms with Crippen LogP contribution in [0.1, 0.15) is 19.3 Å². The Labute approximate surface area is 116 Å². The summed E-state index contributed by atoms with van der Waals surface area (Å²) in [6, 6.07) is 0.574. The molecule has 0 aliphatic carbocycles. The number of likely N-dealkylation sites (tertiary alicyclic amines) is 1. The van der Waals surface area contributed by atoms with Crippen LogP contribution in [0.5, 0.6) is 0 Å². The van der Waals surface area contributed by atoms with Crippen LogP contribution in [-0.4, -0.2) is 86.6 Å². The normalized spacial score (nSPS) is 23.6. The summed E-state index contributed by atoms with van der Waals surface area (Å²) >= 11 is 0. The van der Waals surface area contributed by atoms with E-state index in [9.17, 15) is 4.79 Å². The molecule has 0 aromatic rings. The Bertz CT molecular complexity index is 281. The number of rotatable bonds is 3. The molecule has 0 radical (unpaired) electrons. The van der Waals surface area contributed by atoms with Crippen LogP contribution in [-0.2, 0) is 4.79 Å². The predicted molar refractivity (Wildman–Crippen MR) is 77.2 cm³/mol. The number of nitrogens with one attached hydrogen (secondary N) is 1. The van der Waals surface area contributed by atoms with Gasteiger partial charge in [0.25, 0.3) is 0 Å². The zero-order valence-corrected chi connectivity index (χ0v) is 12.4. The second kappa shape index (κ2) is 7.22. The van der Waals surface area contributed by atoms with E-state index in [0.717, 1.165) is 45.7 Å². The number of piperidine rings is 1. The van der Waals surface area contributed by atoms with E-state index in [1.54, 1.807) is 0 Å². The molecule has 110 valence electrons. The van der Waals surface area contributed by atoms with Gasteiger partial charge in [0.15, 0.2) is 0 Å². The van der Waals surface area contributed by atoms with Crippen molar-refractivity contribution in [3.8, 4) is 0 Å². The monoisotopic (exact) mass is 268 g/mol. The van der Waals surface area contributed by atoms with Gasteiger partial charge in [-0.25, -0.2) is 0 Å². The van der Waals surface area contributed by atoms with Gasteiger partial charge in [-0.15, -0.1) is 0 Å². The first kappa shape index (κ1) is 14.8. The second-order valence-corrected chi connectivity index (χ2v) is 5.93. The topological polar surface area (TPSA) is 38.8 Å². The Hall–Kier alpha value is -0.650. The van der Waals surface area contributed by atoms with E-state index in [1.807, 2.05) is 4.90 Å². The first-order chi connectivity index (χ1) is 9.16. The number of hydrogen-bond acceptors (Lipinski definition) is 4. The molecule has 0 atom stereocenters. The fourth-order valence-electron chi connectivity index (χ4n) is 2.97. The molecule has 5 heteroatoms. The number of carbonyl (C=O) groups is 1. The van der Waals surface area contributed by atoms with E-state index >= 15 is 0 Å². The molecule has 0 aromatic carbocycles. The van der Waals surface area contributed by atoms with Gasteiger partial charge < -0.3 is 15.1 Å². The highest BCUT2D eigenvalue weighted by molar-refractivity contribution is 5.78. The summed E-state index contributed by atoms with van der Waals surface area (Å²) in [5.74, 6) is 0.296. The molecule has 0 aromatic heterocycles. The minimum Gasteiger partial charge on any atom is -0.340 e. The fourth-order valence-corrected chi connectivity index (χ4v) is 2.97. The largest absolute Gasteiger partial charge is 0.340 e. The minimum absolute atomic E-state index is 0.296. The maximum atomic E-state index is 12.3. The van der Waals surface area contributed by atoms with Gasteiger partial charge in [0, 0.05) is 25.7 Å². The Morgan fingerprint density at radius 1 is 1.21 bits per heavy atom. The lowest BCUT2D eigenvalue weighted by atomic mass is 10.0. The summed E-state index contributed by atoms with van der Waals surface area (Å²) in [5.41, 5.74) is 0. The molecule has 2 aliphatic rings. The maximum Gasteiger partial charge on any atom is 0.236 e. The van der Waals surface area contributed by atoms with Crippen LogP contribution in [0.2, 0.25) is 0 Å². The van der Waals surface area contributed by atoms with E-state index in [2.05, 4.69) is 29.2 Å². The van der Waals surface area contributed by atoms with Crippen LogP contribution in [0, 0.1) is 0 Å². The standard InChI is InChI=1S/C14H28N4O/c1-16-9-4-13(5-10-16)17(2)12-14(19)18-8-3-6-15-7-11-18/h13,15H,3-12H2,1-2H3. The van der Waals surface area contributed by atoms with Gasteiger partial charge in [-0.1, -0.05) is 0 Å². The third-order valence-corrected chi connectivity index (χ3v) is 4.39. The van der Waals surface area contributed by atoms with Crippen molar-refractivity contribution in [3.05, 3.63) is 0 Å². The highest BCUT2D eigenvalue weighted by Crippen LogP contribution is 2.14. The molecular formula is C14H28N4O. The Balaban J connectivity index is 1.77. The van der Waals surface area contributed by atoms with Gasteiger partial charge in [-0.2, -0.15) is 0 Å². The highest BCUT2D eigenvalue weighted by atomic mass is 16.2. The molecule has 0 bridgehead atoms. The van der Waals surface area contributed by atoms with Crippen LogP contribution in [0.25, 0.3) is 0 Å². The van der Waals surface area contributed by atoms with Crippen LogP contribution >= 0.6 is 0 Å². The quantitative estimate of drug-likeness (QED) is 0.772. The van der Waals surface area contributed by atoms with Crippen LogP contribution in [0.3, 0.4) is 0 Å². The maximum absolute atomic E-state index is 12.3. The summed E-state index contributed by atoms with van der Waals surface area (Å²) in [7, 11) is 4.27. The van der Waals surface area contributed by atoms with Crippen molar-refractivity contribution in [3.63, 3.8) is 0 Å². The third-order valence-electron chi connectivity index (χ3n) is 4.39. The molecule has 2 rings (SSSR count). The number of carbonyl (C=O) groups excluding carboxylic acids is 1. The van der Waals surface area contributed by atoms with E-state index < -0.39 is 0 Å². The van der Waals surface area contributed by atoms with Crippen molar-refractivity contribution in [1.29, 1.82) is 0 Å². The number of nitrogens with zero attached hydrogens (tertiary/aromatic N) is 3. The summed E-state index contributed by atoms with van der Waals surface area (Å²) in [6.07, 6.45) is 3.44. The van der Waals surface area contributed by atoms with Crippen molar-refractivity contribution in [2.24, 2.45) is 0 Å². The summed E-state index contributed by atoms with van der Waals surface area (Å²) < 4.78 is 0. The number of amides is 1. The molecule has 5 nitrogen and oxygen atoms in total. The van der Waals surface area contributed by atoms with Gasteiger partial charge in [0.05, 0.1) is 6.54 Å². The average Bonchev–Trinajstić information content (AvgIpc) is 2.68. The van der Waals surface area contributed by atoms with Gasteiger partial charge in [-0.05, 0) is 53.0 Å². The summed E-state index contributed by atoms with van der Waals surface area (Å²) in [5, 5.41) is 3.34. The van der Waals surface area contributed by atoms with E-state index in [0.29, 0.717) is 18.5 Å². The minimum atomic E-state index is 0.296. The summed E-state index contributed by atoms with van der Waals surface area (Å²) in [4.78, 5) is 19.0. The number of likely N-dealkylation sites (N-methyl/N-ethyl adjacent to an activating group) is 1. The van der Waals surface area contributed by atoms with E-state index in [1.165, 1.54) is 12.8 Å². The molecule has 0 spiro atoms. The first-order valence-electron chi connectivity index (χ1n) is 7.54. The zero-order valence-electron chi connectivity index (χ0n) is 12.4. The van der Waals surface area contributed by atoms with Crippen molar-refractivity contribution < 1.29 is 4.79 Å².